The van der Waals surface area contributed by atoms with Crippen LogP contribution in [0.15, 0.2) is 48.5 Å². The van der Waals surface area contributed by atoms with Crippen molar-refractivity contribution in [1.82, 2.24) is 0 Å². The Morgan fingerprint density at radius 3 is 2.14 bits per heavy atom. The van der Waals surface area contributed by atoms with Gasteiger partial charge in [-0.25, -0.2) is 0 Å². The lowest BCUT2D eigenvalue weighted by atomic mass is 10.00. The van der Waals surface area contributed by atoms with Crippen molar-refractivity contribution in [1.29, 1.82) is 0 Å². The Bertz CT molecular complexity index is 634. The second-order valence-electron chi connectivity index (χ2n) is 6.18. The van der Waals surface area contributed by atoms with Crippen molar-refractivity contribution in [3.05, 3.63) is 54.1 Å². The Labute approximate surface area is 131 Å². The zero-order valence-electron chi connectivity index (χ0n) is 12.9. The fraction of sp³-hybridized carbons (Fsp3) is 0.368. The fourth-order valence-corrected chi connectivity index (χ4v) is 2.91. The van der Waals surface area contributed by atoms with E-state index in [-0.39, 0.29) is 0 Å². The second-order valence-corrected chi connectivity index (χ2v) is 6.18. The van der Waals surface area contributed by atoms with Gasteiger partial charge in [-0.15, -0.1) is 0 Å². The van der Waals surface area contributed by atoms with E-state index in [0.29, 0.717) is 12.2 Å². The van der Waals surface area contributed by atoms with Crippen molar-refractivity contribution in [3.8, 4) is 11.1 Å². The molecule has 0 aliphatic carbocycles. The van der Waals surface area contributed by atoms with Crippen LogP contribution >= 0.6 is 0 Å². The third-order valence-corrected chi connectivity index (χ3v) is 4.31. The van der Waals surface area contributed by atoms with Crippen LogP contribution in [0.5, 0.6) is 0 Å². The lowest BCUT2D eigenvalue weighted by molar-refractivity contribution is 0.389. The van der Waals surface area contributed by atoms with Crippen LogP contribution in [0, 0.1) is 6.92 Å². The number of rotatable bonds is 6. The molecule has 0 N–H and O–H groups in total. The molecule has 22 heavy (non-hydrogen) atoms. The van der Waals surface area contributed by atoms with E-state index in [0.717, 1.165) is 26.3 Å². The van der Waals surface area contributed by atoms with E-state index >= 15 is 0 Å². The minimum atomic E-state index is 0.396. The molecule has 3 nitrogen and oxygen atoms in total. The van der Waals surface area contributed by atoms with Gasteiger partial charge in [0, 0.05) is 18.8 Å². The van der Waals surface area contributed by atoms with Gasteiger partial charge < -0.3 is 14.4 Å². The monoisotopic (exact) mass is 295 g/mol. The molecule has 4 rings (SSSR count). The topological polar surface area (TPSA) is 28.3 Å². The highest BCUT2D eigenvalue weighted by atomic mass is 16.6. The Hall–Kier alpha value is -1.84. The van der Waals surface area contributed by atoms with Gasteiger partial charge in [0.1, 0.15) is 0 Å². The number of aryl methyl sites for hydroxylation is 1. The van der Waals surface area contributed by atoms with Crippen molar-refractivity contribution in [2.75, 3.05) is 31.2 Å². The zero-order chi connectivity index (χ0) is 14.9. The van der Waals surface area contributed by atoms with E-state index in [2.05, 4.69) is 60.4 Å². The SMILES string of the molecule is Cc1cc(N(CC2CO2)CC2CO2)ccc1-c1ccccc1. The van der Waals surface area contributed by atoms with E-state index in [1.807, 2.05) is 0 Å². The maximum absolute atomic E-state index is 5.40. The van der Waals surface area contributed by atoms with Crippen molar-refractivity contribution >= 4 is 5.69 Å². The summed E-state index contributed by atoms with van der Waals surface area (Å²) in [5, 5.41) is 0. The zero-order valence-corrected chi connectivity index (χ0v) is 12.9. The molecule has 2 aromatic rings. The quantitative estimate of drug-likeness (QED) is 0.766. The normalized spacial score (nSPS) is 22.4. The fourth-order valence-electron chi connectivity index (χ4n) is 2.91. The first-order valence-electron chi connectivity index (χ1n) is 7.94. The van der Waals surface area contributed by atoms with Crippen LogP contribution in [-0.2, 0) is 9.47 Å². The molecule has 2 unspecified atom stereocenters. The van der Waals surface area contributed by atoms with Gasteiger partial charge in [0.2, 0.25) is 0 Å². The highest BCUT2D eigenvalue weighted by Crippen LogP contribution is 2.29. The van der Waals surface area contributed by atoms with Gasteiger partial charge in [0.05, 0.1) is 25.4 Å². The summed E-state index contributed by atoms with van der Waals surface area (Å²) in [4.78, 5) is 2.40. The maximum atomic E-state index is 5.40. The van der Waals surface area contributed by atoms with Crippen molar-refractivity contribution in [2.45, 2.75) is 19.1 Å². The summed E-state index contributed by atoms with van der Waals surface area (Å²) in [6, 6.07) is 17.3. The molecule has 0 amide bonds. The Morgan fingerprint density at radius 1 is 0.955 bits per heavy atom. The molecule has 0 saturated carbocycles. The molecule has 2 atom stereocenters. The average Bonchev–Trinajstić information content (AvgIpc) is 3.43. The summed E-state index contributed by atoms with van der Waals surface area (Å²) < 4.78 is 10.8. The van der Waals surface area contributed by atoms with Crippen LogP contribution in [0.4, 0.5) is 5.69 Å². The minimum absolute atomic E-state index is 0.396. The number of hydrogen-bond acceptors (Lipinski definition) is 3. The molecule has 0 bridgehead atoms. The Kier molecular flexibility index (Phi) is 3.60. The molecule has 2 saturated heterocycles. The van der Waals surface area contributed by atoms with Gasteiger partial charge in [0.25, 0.3) is 0 Å². The summed E-state index contributed by atoms with van der Waals surface area (Å²) in [6.45, 7) is 5.89. The predicted molar refractivity (Wildman–Crippen MR) is 88.3 cm³/mol. The van der Waals surface area contributed by atoms with Crippen LogP contribution in [-0.4, -0.2) is 38.5 Å². The van der Waals surface area contributed by atoms with Gasteiger partial charge in [-0.05, 0) is 35.7 Å². The molecule has 2 aliphatic heterocycles. The molecule has 114 valence electrons. The third kappa shape index (κ3) is 3.16. The van der Waals surface area contributed by atoms with E-state index in [4.69, 9.17) is 9.47 Å². The first-order valence-corrected chi connectivity index (χ1v) is 7.94. The highest BCUT2D eigenvalue weighted by molar-refractivity contribution is 5.70. The van der Waals surface area contributed by atoms with Crippen LogP contribution in [0.2, 0.25) is 0 Å². The number of nitrogens with zero attached hydrogens (tertiary/aromatic N) is 1. The second kappa shape index (κ2) is 5.75. The van der Waals surface area contributed by atoms with Gasteiger partial charge >= 0.3 is 0 Å². The van der Waals surface area contributed by atoms with Gasteiger partial charge in [-0.1, -0.05) is 36.4 Å². The van der Waals surface area contributed by atoms with Gasteiger partial charge in [-0.2, -0.15) is 0 Å². The van der Waals surface area contributed by atoms with Crippen molar-refractivity contribution < 1.29 is 9.47 Å². The number of anilines is 1. The molecule has 2 aromatic carbocycles. The van der Waals surface area contributed by atoms with E-state index in [1.54, 1.807) is 0 Å². The third-order valence-electron chi connectivity index (χ3n) is 4.31. The average molecular weight is 295 g/mol. The standard InChI is InChI=1S/C19H21NO2/c1-14-9-16(7-8-19(14)15-5-3-2-4-6-15)20(10-17-12-21-17)11-18-13-22-18/h2-9,17-18H,10-13H2,1H3. The molecular weight excluding hydrogens is 274 g/mol. The largest absolute Gasteiger partial charge is 0.371 e. The molecule has 2 aliphatic rings. The molecule has 0 radical (unpaired) electrons. The summed E-state index contributed by atoms with van der Waals surface area (Å²) in [6.07, 6.45) is 0.792. The Balaban J connectivity index is 1.59. The summed E-state index contributed by atoms with van der Waals surface area (Å²) >= 11 is 0. The summed E-state index contributed by atoms with van der Waals surface area (Å²) in [7, 11) is 0. The predicted octanol–water partition coefficient (Wildman–Crippen LogP) is 3.27. The van der Waals surface area contributed by atoms with Gasteiger partial charge in [-0.3, -0.25) is 0 Å². The highest BCUT2D eigenvalue weighted by Gasteiger charge is 2.31. The number of ether oxygens (including phenoxy) is 2. The molecule has 0 spiro atoms. The minimum Gasteiger partial charge on any atom is -0.371 e. The maximum Gasteiger partial charge on any atom is 0.0984 e. The molecule has 2 fully saturated rings. The van der Waals surface area contributed by atoms with Crippen LogP contribution < -0.4 is 4.90 Å². The smallest absolute Gasteiger partial charge is 0.0984 e. The molecule has 0 aromatic heterocycles. The lowest BCUT2D eigenvalue weighted by Crippen LogP contribution is -2.31. The van der Waals surface area contributed by atoms with E-state index in [9.17, 15) is 0 Å². The Morgan fingerprint density at radius 2 is 1.59 bits per heavy atom. The van der Waals surface area contributed by atoms with Crippen molar-refractivity contribution in [3.63, 3.8) is 0 Å². The first kappa shape index (κ1) is 13.8. The van der Waals surface area contributed by atoms with Crippen LogP contribution in [0.1, 0.15) is 5.56 Å². The molecular formula is C19H21NO2. The number of benzene rings is 2. The van der Waals surface area contributed by atoms with Gasteiger partial charge in [0.15, 0.2) is 0 Å². The first-order chi connectivity index (χ1) is 10.8. The number of epoxide rings is 2. The lowest BCUT2D eigenvalue weighted by Gasteiger charge is -2.24. The van der Waals surface area contributed by atoms with E-state index < -0.39 is 0 Å². The summed E-state index contributed by atoms with van der Waals surface area (Å²) in [5.41, 5.74) is 5.15. The van der Waals surface area contributed by atoms with Crippen molar-refractivity contribution in [2.24, 2.45) is 0 Å². The van der Waals surface area contributed by atoms with Crippen LogP contribution in [0.3, 0.4) is 0 Å². The molecule has 2 heterocycles. The number of hydrogen-bond donors (Lipinski definition) is 0. The van der Waals surface area contributed by atoms with Crippen LogP contribution in [0.25, 0.3) is 11.1 Å². The summed E-state index contributed by atoms with van der Waals surface area (Å²) in [5.74, 6) is 0. The molecule has 3 heteroatoms. The van der Waals surface area contributed by atoms with E-state index in [1.165, 1.54) is 22.4 Å².